The lowest BCUT2D eigenvalue weighted by atomic mass is 9.97. The van der Waals surface area contributed by atoms with Crippen LogP contribution >= 0.6 is 0 Å². The maximum Gasteiger partial charge on any atom is 0.282 e. The molecule has 0 radical (unpaired) electrons. The minimum absolute atomic E-state index is 0.0358. The van der Waals surface area contributed by atoms with Gasteiger partial charge in [-0.1, -0.05) is 25.1 Å². The SMILES string of the molecule is CC1CCCN(C2=C(c3ccc(OC(C)C)cc3)C(=O)N(c3cccc(F)c3)C2=O)C1. The molecule has 6 heteroatoms. The van der Waals surface area contributed by atoms with E-state index in [4.69, 9.17) is 4.74 Å². The molecule has 0 bridgehead atoms. The Morgan fingerprint density at radius 2 is 1.81 bits per heavy atom. The van der Waals surface area contributed by atoms with Gasteiger partial charge in [0.1, 0.15) is 17.3 Å². The summed E-state index contributed by atoms with van der Waals surface area (Å²) in [7, 11) is 0. The summed E-state index contributed by atoms with van der Waals surface area (Å²) < 4.78 is 19.6. The first-order valence-corrected chi connectivity index (χ1v) is 10.8. The van der Waals surface area contributed by atoms with Gasteiger partial charge < -0.3 is 9.64 Å². The number of piperidine rings is 1. The summed E-state index contributed by atoms with van der Waals surface area (Å²) in [4.78, 5) is 30.1. The molecule has 0 aliphatic carbocycles. The maximum atomic E-state index is 13.9. The van der Waals surface area contributed by atoms with Gasteiger partial charge in [0.15, 0.2) is 0 Å². The van der Waals surface area contributed by atoms with E-state index in [0.29, 0.717) is 41.6 Å². The molecule has 0 aromatic heterocycles. The molecule has 1 saturated heterocycles. The smallest absolute Gasteiger partial charge is 0.282 e. The van der Waals surface area contributed by atoms with Gasteiger partial charge >= 0.3 is 0 Å². The van der Waals surface area contributed by atoms with Crippen LogP contribution in [0.4, 0.5) is 10.1 Å². The van der Waals surface area contributed by atoms with Crippen LogP contribution in [0.3, 0.4) is 0 Å². The number of amides is 2. The van der Waals surface area contributed by atoms with Crippen molar-refractivity contribution >= 4 is 23.1 Å². The number of hydrogen-bond acceptors (Lipinski definition) is 4. The number of imide groups is 1. The fourth-order valence-corrected chi connectivity index (χ4v) is 4.29. The Bertz CT molecular complexity index is 1030. The van der Waals surface area contributed by atoms with Gasteiger partial charge in [0.2, 0.25) is 0 Å². The van der Waals surface area contributed by atoms with Crippen molar-refractivity contribution < 1.29 is 18.7 Å². The van der Waals surface area contributed by atoms with Crippen molar-refractivity contribution in [1.29, 1.82) is 0 Å². The van der Waals surface area contributed by atoms with Crippen molar-refractivity contribution in [2.75, 3.05) is 18.0 Å². The highest BCUT2D eigenvalue weighted by atomic mass is 19.1. The van der Waals surface area contributed by atoms with Crippen molar-refractivity contribution in [3.8, 4) is 5.75 Å². The first kappa shape index (κ1) is 21.1. The predicted molar refractivity (Wildman–Crippen MR) is 118 cm³/mol. The fraction of sp³-hybridized carbons (Fsp3) is 0.360. The number of carbonyl (C=O) groups excluding carboxylic acids is 2. The summed E-state index contributed by atoms with van der Waals surface area (Å²) in [6.07, 6.45) is 2.09. The number of carbonyl (C=O) groups is 2. The number of anilines is 1. The number of nitrogens with zero attached hydrogens (tertiary/aromatic N) is 2. The Morgan fingerprint density at radius 3 is 2.45 bits per heavy atom. The van der Waals surface area contributed by atoms with Gasteiger partial charge in [0, 0.05) is 13.1 Å². The summed E-state index contributed by atoms with van der Waals surface area (Å²) >= 11 is 0. The molecule has 0 spiro atoms. The van der Waals surface area contributed by atoms with Gasteiger partial charge in [-0.3, -0.25) is 9.59 Å². The van der Waals surface area contributed by atoms with Crippen LogP contribution in [0.2, 0.25) is 0 Å². The molecule has 0 N–H and O–H groups in total. The molecule has 2 aliphatic heterocycles. The first-order chi connectivity index (χ1) is 14.8. The van der Waals surface area contributed by atoms with Crippen molar-refractivity contribution in [3.63, 3.8) is 0 Å². The molecule has 1 atom stereocenters. The Kier molecular flexibility index (Phi) is 5.81. The molecule has 1 unspecified atom stereocenters. The lowest BCUT2D eigenvalue weighted by Crippen LogP contribution is -2.39. The highest BCUT2D eigenvalue weighted by molar-refractivity contribution is 6.45. The van der Waals surface area contributed by atoms with E-state index in [1.165, 1.54) is 18.2 Å². The third kappa shape index (κ3) is 4.20. The molecular formula is C25H27FN2O3. The number of halogens is 1. The van der Waals surface area contributed by atoms with Crippen LogP contribution in [0.25, 0.3) is 5.57 Å². The van der Waals surface area contributed by atoms with Gasteiger partial charge in [-0.2, -0.15) is 0 Å². The normalized spacial score (nSPS) is 19.6. The number of ether oxygens (including phenoxy) is 1. The molecule has 2 aliphatic rings. The molecule has 0 saturated carbocycles. The second-order valence-corrected chi connectivity index (χ2v) is 8.53. The molecule has 31 heavy (non-hydrogen) atoms. The van der Waals surface area contributed by atoms with Crippen molar-refractivity contribution in [1.82, 2.24) is 4.90 Å². The van der Waals surface area contributed by atoms with E-state index in [9.17, 15) is 14.0 Å². The molecule has 2 amide bonds. The molecule has 2 aromatic rings. The average Bonchev–Trinajstić information content (AvgIpc) is 2.98. The first-order valence-electron chi connectivity index (χ1n) is 10.8. The van der Waals surface area contributed by atoms with Gasteiger partial charge in [-0.05, 0) is 68.5 Å². The van der Waals surface area contributed by atoms with Crippen molar-refractivity contribution in [2.24, 2.45) is 5.92 Å². The molecule has 1 fully saturated rings. The van der Waals surface area contributed by atoms with Gasteiger partial charge in [-0.25, -0.2) is 9.29 Å². The third-order valence-corrected chi connectivity index (χ3v) is 5.61. The van der Waals surface area contributed by atoms with Crippen molar-refractivity contribution in [2.45, 2.75) is 39.7 Å². The Balaban J connectivity index is 1.78. The van der Waals surface area contributed by atoms with E-state index in [2.05, 4.69) is 6.92 Å². The number of hydrogen-bond donors (Lipinski definition) is 0. The third-order valence-electron chi connectivity index (χ3n) is 5.61. The summed E-state index contributed by atoms with van der Waals surface area (Å²) in [5, 5.41) is 0. The number of likely N-dealkylation sites (tertiary alicyclic amines) is 1. The van der Waals surface area contributed by atoms with Crippen molar-refractivity contribution in [3.05, 3.63) is 65.6 Å². The summed E-state index contributed by atoms with van der Waals surface area (Å²) in [5.41, 5.74) is 1.66. The molecule has 4 rings (SSSR count). The standard InChI is InChI=1S/C25H27FN2O3/c1-16(2)31-21-11-9-18(10-12-21)22-23(27-13-5-6-17(3)15-27)25(30)28(24(22)29)20-8-4-7-19(26)14-20/h4,7-12,14,16-17H,5-6,13,15H2,1-3H3. The number of benzene rings is 2. The lowest BCUT2D eigenvalue weighted by molar-refractivity contribution is -0.120. The zero-order valence-corrected chi connectivity index (χ0v) is 18.1. The van der Waals surface area contributed by atoms with Gasteiger partial charge in [0.25, 0.3) is 11.8 Å². The summed E-state index contributed by atoms with van der Waals surface area (Å²) in [6.45, 7) is 7.47. The van der Waals surface area contributed by atoms with Crippen LogP contribution in [0.1, 0.15) is 39.2 Å². The van der Waals surface area contributed by atoms with Gasteiger partial charge in [-0.15, -0.1) is 0 Å². The van der Waals surface area contributed by atoms with E-state index in [1.54, 1.807) is 30.3 Å². The maximum absolute atomic E-state index is 13.9. The molecule has 2 aromatic carbocycles. The van der Waals surface area contributed by atoms with Crippen LogP contribution in [-0.4, -0.2) is 35.9 Å². The molecular weight excluding hydrogens is 395 g/mol. The van der Waals surface area contributed by atoms with Crippen LogP contribution < -0.4 is 9.64 Å². The zero-order valence-electron chi connectivity index (χ0n) is 18.1. The molecule has 162 valence electrons. The Morgan fingerprint density at radius 1 is 1.06 bits per heavy atom. The van der Waals surface area contributed by atoms with E-state index >= 15 is 0 Å². The van der Waals surface area contributed by atoms with E-state index in [1.807, 2.05) is 18.7 Å². The quantitative estimate of drug-likeness (QED) is 0.660. The highest BCUT2D eigenvalue weighted by Crippen LogP contribution is 2.37. The Hall–Kier alpha value is -3.15. The van der Waals surface area contributed by atoms with Crippen LogP contribution in [0.5, 0.6) is 5.75 Å². The van der Waals surface area contributed by atoms with E-state index in [-0.39, 0.29) is 11.8 Å². The van der Waals surface area contributed by atoms with E-state index < -0.39 is 17.6 Å². The topological polar surface area (TPSA) is 49.9 Å². The lowest BCUT2D eigenvalue weighted by Gasteiger charge is -2.33. The van der Waals surface area contributed by atoms with Crippen LogP contribution in [0.15, 0.2) is 54.2 Å². The Labute approximate surface area is 182 Å². The molecule has 5 nitrogen and oxygen atoms in total. The van der Waals surface area contributed by atoms with Gasteiger partial charge in [0.05, 0.1) is 17.4 Å². The molecule has 2 heterocycles. The monoisotopic (exact) mass is 422 g/mol. The van der Waals surface area contributed by atoms with Crippen LogP contribution in [-0.2, 0) is 9.59 Å². The fourth-order valence-electron chi connectivity index (χ4n) is 4.29. The number of rotatable bonds is 5. The van der Waals surface area contributed by atoms with E-state index in [0.717, 1.165) is 17.7 Å². The zero-order chi connectivity index (χ0) is 22.1. The second-order valence-electron chi connectivity index (χ2n) is 8.53. The minimum Gasteiger partial charge on any atom is -0.491 e. The average molecular weight is 423 g/mol. The summed E-state index contributed by atoms with van der Waals surface area (Å²) in [6, 6.07) is 12.8. The van der Waals surface area contributed by atoms with Crippen LogP contribution in [0, 0.1) is 11.7 Å². The second kappa shape index (κ2) is 8.53. The minimum atomic E-state index is -0.491. The largest absolute Gasteiger partial charge is 0.491 e. The summed E-state index contributed by atoms with van der Waals surface area (Å²) in [5.74, 6) is -0.194. The predicted octanol–water partition coefficient (Wildman–Crippen LogP) is 4.63. The highest BCUT2D eigenvalue weighted by Gasteiger charge is 2.43.